The summed E-state index contributed by atoms with van der Waals surface area (Å²) in [6.07, 6.45) is 6.99. The third-order valence-corrected chi connectivity index (χ3v) is 5.08. The molecule has 2 aliphatic rings. The molecule has 5 atom stereocenters. The van der Waals surface area contributed by atoms with Gasteiger partial charge >= 0.3 is 6.09 Å². The predicted octanol–water partition coefficient (Wildman–Crippen LogP) is 3.85. The summed E-state index contributed by atoms with van der Waals surface area (Å²) >= 11 is 0. The monoisotopic (exact) mass is 310 g/mol. The number of carbonyl (C=O) groups excluding carboxylic acids is 1. The fraction of sp³-hybridized carbons (Fsp3) is 0.944. The first-order valence-corrected chi connectivity index (χ1v) is 9.00. The Bertz CT molecular complexity index is 378. The number of amides is 1. The Morgan fingerprint density at radius 2 is 1.68 bits per heavy atom. The van der Waals surface area contributed by atoms with Crippen molar-refractivity contribution in [3.05, 3.63) is 0 Å². The normalized spacial score (nSPS) is 36.1. The first-order chi connectivity index (χ1) is 10.2. The SMILES string of the molecule is CC1CCC(NC2CCCC2NC(=O)OC(C)(C)C)C(C)C1. The van der Waals surface area contributed by atoms with Crippen LogP contribution in [-0.2, 0) is 4.74 Å². The minimum absolute atomic E-state index is 0.210. The molecule has 0 saturated heterocycles. The fourth-order valence-corrected chi connectivity index (χ4v) is 3.98. The van der Waals surface area contributed by atoms with Crippen LogP contribution in [0.4, 0.5) is 4.79 Å². The lowest BCUT2D eigenvalue weighted by molar-refractivity contribution is 0.0494. The number of hydrogen-bond acceptors (Lipinski definition) is 3. The molecule has 0 aromatic rings. The zero-order chi connectivity index (χ0) is 16.3. The van der Waals surface area contributed by atoms with Crippen molar-refractivity contribution in [1.82, 2.24) is 10.6 Å². The van der Waals surface area contributed by atoms with Crippen LogP contribution < -0.4 is 10.6 Å². The predicted molar refractivity (Wildman–Crippen MR) is 89.9 cm³/mol. The number of alkyl carbamates (subject to hydrolysis) is 1. The van der Waals surface area contributed by atoms with Gasteiger partial charge in [-0.05, 0) is 71.1 Å². The summed E-state index contributed by atoms with van der Waals surface area (Å²) < 4.78 is 5.40. The molecule has 0 spiro atoms. The Kier molecular flexibility index (Phi) is 5.76. The highest BCUT2D eigenvalue weighted by molar-refractivity contribution is 5.68. The molecular weight excluding hydrogens is 276 g/mol. The van der Waals surface area contributed by atoms with Crippen LogP contribution in [0.15, 0.2) is 0 Å². The Balaban J connectivity index is 1.84. The van der Waals surface area contributed by atoms with E-state index in [0.717, 1.165) is 24.7 Å². The summed E-state index contributed by atoms with van der Waals surface area (Å²) in [7, 11) is 0. The summed E-state index contributed by atoms with van der Waals surface area (Å²) in [5.74, 6) is 1.58. The minimum atomic E-state index is -0.431. The maximum atomic E-state index is 12.0. The van der Waals surface area contributed by atoms with Gasteiger partial charge in [-0.3, -0.25) is 0 Å². The van der Waals surface area contributed by atoms with E-state index >= 15 is 0 Å². The molecule has 0 aromatic heterocycles. The van der Waals surface area contributed by atoms with Gasteiger partial charge in [-0.1, -0.05) is 13.8 Å². The zero-order valence-corrected chi connectivity index (χ0v) is 14.9. The third kappa shape index (κ3) is 5.15. The van der Waals surface area contributed by atoms with E-state index in [9.17, 15) is 4.79 Å². The molecule has 1 amide bonds. The maximum absolute atomic E-state index is 12.0. The summed E-state index contributed by atoms with van der Waals surface area (Å²) in [5, 5.41) is 6.91. The smallest absolute Gasteiger partial charge is 0.407 e. The first-order valence-electron chi connectivity index (χ1n) is 9.00. The minimum Gasteiger partial charge on any atom is -0.444 e. The molecule has 2 saturated carbocycles. The molecule has 0 radical (unpaired) electrons. The van der Waals surface area contributed by atoms with Crippen molar-refractivity contribution in [2.24, 2.45) is 11.8 Å². The third-order valence-electron chi connectivity index (χ3n) is 5.08. The maximum Gasteiger partial charge on any atom is 0.407 e. The van der Waals surface area contributed by atoms with Crippen LogP contribution in [0, 0.1) is 11.8 Å². The molecule has 0 bridgehead atoms. The van der Waals surface area contributed by atoms with Gasteiger partial charge in [0.25, 0.3) is 0 Å². The van der Waals surface area contributed by atoms with E-state index in [4.69, 9.17) is 4.74 Å². The van der Waals surface area contributed by atoms with Gasteiger partial charge in [-0.2, -0.15) is 0 Å². The van der Waals surface area contributed by atoms with Gasteiger partial charge in [0.15, 0.2) is 0 Å². The van der Waals surface area contributed by atoms with Crippen molar-refractivity contribution in [3.63, 3.8) is 0 Å². The van der Waals surface area contributed by atoms with E-state index in [0.29, 0.717) is 12.1 Å². The number of hydrogen-bond donors (Lipinski definition) is 2. The van der Waals surface area contributed by atoms with Crippen LogP contribution in [0.1, 0.15) is 73.1 Å². The summed E-state index contributed by atoms with van der Waals surface area (Å²) in [4.78, 5) is 12.0. The van der Waals surface area contributed by atoms with Crippen molar-refractivity contribution in [3.8, 4) is 0 Å². The zero-order valence-electron chi connectivity index (χ0n) is 14.9. The summed E-state index contributed by atoms with van der Waals surface area (Å²) in [6.45, 7) is 10.4. The summed E-state index contributed by atoms with van der Waals surface area (Å²) in [5.41, 5.74) is -0.431. The van der Waals surface area contributed by atoms with Gasteiger partial charge in [0.2, 0.25) is 0 Å². The highest BCUT2D eigenvalue weighted by Gasteiger charge is 2.34. The Hall–Kier alpha value is -0.770. The average molecular weight is 310 g/mol. The van der Waals surface area contributed by atoms with Crippen LogP contribution in [0.3, 0.4) is 0 Å². The number of nitrogens with one attached hydrogen (secondary N) is 2. The molecule has 128 valence electrons. The molecule has 2 N–H and O–H groups in total. The van der Waals surface area contributed by atoms with Crippen LogP contribution in [0.25, 0.3) is 0 Å². The van der Waals surface area contributed by atoms with Crippen molar-refractivity contribution in [1.29, 1.82) is 0 Å². The lowest BCUT2D eigenvalue weighted by Gasteiger charge is -2.36. The molecule has 5 unspecified atom stereocenters. The lowest BCUT2D eigenvalue weighted by Crippen LogP contribution is -2.53. The molecule has 0 heterocycles. The number of rotatable bonds is 3. The number of carbonyl (C=O) groups is 1. The van der Waals surface area contributed by atoms with Gasteiger partial charge in [-0.15, -0.1) is 0 Å². The molecule has 4 nitrogen and oxygen atoms in total. The molecule has 0 aromatic carbocycles. The fourth-order valence-electron chi connectivity index (χ4n) is 3.98. The molecule has 4 heteroatoms. The molecule has 2 fully saturated rings. The average Bonchev–Trinajstić information content (AvgIpc) is 2.77. The van der Waals surface area contributed by atoms with Gasteiger partial charge in [0, 0.05) is 18.1 Å². The second-order valence-corrected chi connectivity index (χ2v) is 8.46. The van der Waals surface area contributed by atoms with Crippen molar-refractivity contribution in [2.75, 3.05) is 0 Å². The van der Waals surface area contributed by atoms with E-state index in [2.05, 4.69) is 24.5 Å². The van der Waals surface area contributed by atoms with Crippen LogP contribution in [-0.4, -0.2) is 29.8 Å². The quantitative estimate of drug-likeness (QED) is 0.832. The second-order valence-electron chi connectivity index (χ2n) is 8.46. The van der Waals surface area contributed by atoms with E-state index in [1.165, 1.54) is 25.7 Å². The topological polar surface area (TPSA) is 50.4 Å². The number of ether oxygens (including phenoxy) is 1. The van der Waals surface area contributed by atoms with Gasteiger partial charge < -0.3 is 15.4 Å². The van der Waals surface area contributed by atoms with Crippen molar-refractivity contribution in [2.45, 2.75) is 96.9 Å². The second kappa shape index (κ2) is 7.20. The highest BCUT2D eigenvalue weighted by atomic mass is 16.6. The van der Waals surface area contributed by atoms with Gasteiger partial charge in [0.1, 0.15) is 5.60 Å². The van der Waals surface area contributed by atoms with Gasteiger partial charge in [-0.25, -0.2) is 4.79 Å². The van der Waals surface area contributed by atoms with Crippen LogP contribution >= 0.6 is 0 Å². The molecular formula is C18H34N2O2. The van der Waals surface area contributed by atoms with Gasteiger partial charge in [0.05, 0.1) is 0 Å². The van der Waals surface area contributed by atoms with Crippen LogP contribution in [0.2, 0.25) is 0 Å². The highest BCUT2D eigenvalue weighted by Crippen LogP contribution is 2.30. The largest absolute Gasteiger partial charge is 0.444 e. The first kappa shape index (κ1) is 17.6. The standard InChI is InChI=1S/C18H34N2O2/c1-12-9-10-14(13(2)11-12)19-15-7-6-8-16(15)20-17(21)22-18(3,4)5/h12-16,19H,6-11H2,1-5H3,(H,20,21). The van der Waals surface area contributed by atoms with Crippen LogP contribution in [0.5, 0.6) is 0 Å². The molecule has 22 heavy (non-hydrogen) atoms. The molecule has 0 aliphatic heterocycles. The Morgan fingerprint density at radius 1 is 1.00 bits per heavy atom. The van der Waals surface area contributed by atoms with E-state index < -0.39 is 5.60 Å². The Morgan fingerprint density at radius 3 is 2.32 bits per heavy atom. The Labute approximate surface area is 135 Å². The van der Waals surface area contributed by atoms with Crippen molar-refractivity contribution < 1.29 is 9.53 Å². The lowest BCUT2D eigenvalue weighted by atomic mass is 9.79. The molecule has 2 rings (SSSR count). The molecule has 2 aliphatic carbocycles. The van der Waals surface area contributed by atoms with E-state index in [1.807, 2.05) is 20.8 Å². The van der Waals surface area contributed by atoms with E-state index in [1.54, 1.807) is 0 Å². The summed E-state index contributed by atoms with van der Waals surface area (Å²) in [6, 6.07) is 1.21. The van der Waals surface area contributed by atoms with Crippen molar-refractivity contribution >= 4 is 6.09 Å². The van der Waals surface area contributed by atoms with E-state index in [-0.39, 0.29) is 12.1 Å².